The Morgan fingerprint density at radius 3 is 2.58 bits per heavy atom. The number of nitrogens with one attached hydrogen (secondary N) is 1. The summed E-state index contributed by atoms with van der Waals surface area (Å²) in [6, 6.07) is 9.64. The van der Waals surface area contributed by atoms with Crippen LogP contribution in [0.1, 0.15) is 48.1 Å². The number of hydrogen-bond acceptors (Lipinski definition) is 11. The lowest BCUT2D eigenvalue weighted by molar-refractivity contribution is -0.0454. The third-order valence-corrected chi connectivity index (χ3v) is 8.88. The number of ether oxygens (including phenoxy) is 2. The molecule has 1 saturated carbocycles. The number of hydrogen-bond donors (Lipinski definition) is 2. The zero-order chi connectivity index (χ0) is 30.1. The quantitative estimate of drug-likeness (QED) is 0.223. The average Bonchev–Trinajstić information content (AvgIpc) is 3.79. The van der Waals surface area contributed by atoms with Gasteiger partial charge in [-0.25, -0.2) is 18.1 Å². The third-order valence-electron chi connectivity index (χ3n) is 7.72. The number of nitrogen functional groups attached to an aromatic ring is 1. The number of sulfone groups is 1. The van der Waals surface area contributed by atoms with Gasteiger partial charge in [-0.3, -0.25) is 4.79 Å². The second kappa shape index (κ2) is 11.7. The molecular formula is C28H31N9O5S. The maximum absolute atomic E-state index is 13.0. The molecule has 0 amide bonds. The van der Waals surface area contributed by atoms with Crippen LogP contribution >= 0.6 is 0 Å². The van der Waals surface area contributed by atoms with E-state index in [0.717, 1.165) is 17.5 Å². The van der Waals surface area contributed by atoms with Gasteiger partial charge < -0.3 is 20.2 Å². The molecule has 1 aliphatic rings. The molecule has 1 aliphatic carbocycles. The van der Waals surface area contributed by atoms with E-state index in [4.69, 9.17) is 20.2 Å². The second-order valence-electron chi connectivity index (χ2n) is 10.5. The van der Waals surface area contributed by atoms with Gasteiger partial charge in [-0.2, -0.15) is 14.7 Å². The summed E-state index contributed by atoms with van der Waals surface area (Å²) in [5, 5.41) is 16.3. The van der Waals surface area contributed by atoms with E-state index in [2.05, 4.69) is 25.4 Å². The average molecular weight is 606 g/mol. The van der Waals surface area contributed by atoms with Crippen LogP contribution in [0.25, 0.3) is 22.5 Å². The molecule has 43 heavy (non-hydrogen) atoms. The van der Waals surface area contributed by atoms with E-state index in [1.807, 2.05) is 36.5 Å². The topological polar surface area (TPSA) is 185 Å². The summed E-state index contributed by atoms with van der Waals surface area (Å²) in [6.07, 6.45) is 9.21. The first kappa shape index (κ1) is 28.6. The summed E-state index contributed by atoms with van der Waals surface area (Å²) in [6.45, 7) is 0.0441. The lowest BCUT2D eigenvalue weighted by Crippen LogP contribution is -2.29. The number of carbonyl (C=O) groups excluding carboxylic acids is 1. The van der Waals surface area contributed by atoms with Crippen LogP contribution in [0.2, 0.25) is 0 Å². The van der Waals surface area contributed by atoms with E-state index in [1.54, 1.807) is 17.1 Å². The molecule has 3 N–H and O–H groups in total. The molecule has 0 saturated heterocycles. The number of para-hydroxylation sites is 1. The fourth-order valence-corrected chi connectivity index (χ4v) is 6.52. The highest BCUT2D eigenvalue weighted by Gasteiger charge is 2.32. The summed E-state index contributed by atoms with van der Waals surface area (Å²) >= 11 is 0. The Morgan fingerprint density at radius 2 is 1.91 bits per heavy atom. The first-order chi connectivity index (χ1) is 20.7. The van der Waals surface area contributed by atoms with Crippen LogP contribution in [0, 0.1) is 5.92 Å². The number of H-pyrrole nitrogens is 1. The van der Waals surface area contributed by atoms with E-state index in [0.29, 0.717) is 36.9 Å². The molecule has 5 aromatic rings. The van der Waals surface area contributed by atoms with Crippen molar-refractivity contribution in [1.82, 2.24) is 39.6 Å². The highest BCUT2D eigenvalue weighted by atomic mass is 32.2. The van der Waals surface area contributed by atoms with Crippen LogP contribution in [0.15, 0.2) is 60.1 Å². The minimum Gasteiger partial charge on any atom is -0.382 e. The Morgan fingerprint density at radius 1 is 1.14 bits per heavy atom. The van der Waals surface area contributed by atoms with Crippen molar-refractivity contribution in [1.29, 1.82) is 0 Å². The van der Waals surface area contributed by atoms with Crippen LogP contribution in [0.4, 0.5) is 5.82 Å². The molecule has 14 nitrogen and oxygen atoms in total. The Kier molecular flexibility index (Phi) is 7.77. The molecule has 1 unspecified atom stereocenters. The Labute approximate surface area is 247 Å². The molecule has 0 aliphatic heterocycles. The van der Waals surface area contributed by atoms with Crippen molar-refractivity contribution in [3.8, 4) is 16.8 Å². The number of benzene rings is 1. The lowest BCUT2D eigenvalue weighted by Gasteiger charge is -2.28. The minimum absolute atomic E-state index is 0.0441. The predicted molar refractivity (Wildman–Crippen MR) is 155 cm³/mol. The van der Waals surface area contributed by atoms with E-state index in [-0.39, 0.29) is 46.6 Å². The van der Waals surface area contributed by atoms with Gasteiger partial charge in [0.05, 0.1) is 36.5 Å². The van der Waals surface area contributed by atoms with Crippen LogP contribution in [-0.2, 0) is 19.3 Å². The second-order valence-corrected chi connectivity index (χ2v) is 12.5. The van der Waals surface area contributed by atoms with E-state index >= 15 is 0 Å². The molecule has 6 rings (SSSR count). The van der Waals surface area contributed by atoms with Crippen molar-refractivity contribution in [2.24, 2.45) is 5.92 Å². The predicted octanol–water partition coefficient (Wildman–Crippen LogP) is 2.83. The van der Waals surface area contributed by atoms with Gasteiger partial charge in [-0.15, -0.1) is 10.2 Å². The normalized spacial score (nSPS) is 18.2. The largest absolute Gasteiger partial charge is 0.382 e. The molecule has 15 heteroatoms. The van der Waals surface area contributed by atoms with Crippen molar-refractivity contribution in [2.75, 3.05) is 25.7 Å². The summed E-state index contributed by atoms with van der Waals surface area (Å²) in [4.78, 5) is 20.0. The van der Waals surface area contributed by atoms with Gasteiger partial charge in [0.25, 0.3) is 0 Å². The molecule has 0 spiro atoms. The van der Waals surface area contributed by atoms with Crippen molar-refractivity contribution in [3.05, 3.63) is 66.8 Å². The van der Waals surface area contributed by atoms with Crippen LogP contribution in [-0.4, -0.2) is 79.8 Å². The Hall–Kier alpha value is -4.47. The summed E-state index contributed by atoms with van der Waals surface area (Å²) in [7, 11) is -2.36. The van der Waals surface area contributed by atoms with Gasteiger partial charge in [0.2, 0.25) is 5.78 Å². The number of aromatic amines is 1. The molecule has 1 fully saturated rings. The van der Waals surface area contributed by atoms with Crippen molar-refractivity contribution >= 4 is 27.1 Å². The van der Waals surface area contributed by atoms with E-state index < -0.39 is 15.9 Å². The molecule has 0 bridgehead atoms. The lowest BCUT2D eigenvalue weighted by atomic mass is 9.84. The third kappa shape index (κ3) is 5.66. The number of methoxy groups -OCH3 is 1. The van der Waals surface area contributed by atoms with Crippen molar-refractivity contribution in [2.45, 2.75) is 42.8 Å². The molecule has 224 valence electrons. The fraction of sp³-hybridized carbons (Fsp3) is 0.357. The number of Topliss-reactive ketones (excluding diaryl/α,β-unsaturated/α-hetero) is 1. The smallest absolute Gasteiger partial charge is 0.203 e. The monoisotopic (exact) mass is 605 g/mol. The number of carbonyl (C=O) groups is 1. The molecular weight excluding hydrogens is 574 g/mol. The number of rotatable bonds is 10. The molecule has 0 radical (unpaired) electrons. The van der Waals surface area contributed by atoms with Crippen molar-refractivity contribution < 1.29 is 22.7 Å². The Balaban J connectivity index is 1.26. The van der Waals surface area contributed by atoms with Gasteiger partial charge in [0.15, 0.2) is 21.3 Å². The summed E-state index contributed by atoms with van der Waals surface area (Å²) < 4.78 is 40.9. The first-order valence-corrected chi connectivity index (χ1v) is 15.7. The van der Waals surface area contributed by atoms with Crippen molar-refractivity contribution in [3.63, 3.8) is 0 Å². The molecule has 1 atom stereocenters. The maximum Gasteiger partial charge on any atom is 0.203 e. The number of nitrogens with zero attached hydrogens (tertiary/aromatic N) is 7. The maximum atomic E-state index is 13.0. The molecule has 1 aromatic carbocycles. The molecule has 4 aromatic heterocycles. The minimum atomic E-state index is -3.83. The number of anilines is 1. The Bertz CT molecular complexity index is 1840. The number of fused-ring (bicyclic) bond motifs is 1. The number of aromatic nitrogens is 8. The fourth-order valence-electron chi connectivity index (χ4n) is 5.50. The number of nitrogens with two attached hydrogens (primary N) is 1. The first-order valence-electron chi connectivity index (χ1n) is 13.8. The zero-order valence-electron chi connectivity index (χ0n) is 23.6. The SMILES string of the molecule is COC(COC1CCC(C(=O)c2nnc[nH]2)CC1)c1nc2c(-c3cnn(-c4ccccc4)c3)cnn2c(N)c1S(C)(=O)=O. The van der Waals surface area contributed by atoms with Gasteiger partial charge in [-0.1, -0.05) is 18.2 Å². The highest BCUT2D eigenvalue weighted by Crippen LogP contribution is 2.34. The van der Waals surface area contributed by atoms with Crippen LogP contribution in [0.5, 0.6) is 0 Å². The van der Waals surface area contributed by atoms with Gasteiger partial charge in [0, 0.05) is 36.6 Å². The highest BCUT2D eigenvalue weighted by molar-refractivity contribution is 7.91. The zero-order valence-corrected chi connectivity index (χ0v) is 24.4. The molecule has 4 heterocycles. The van der Waals surface area contributed by atoms with Gasteiger partial charge >= 0.3 is 0 Å². The van der Waals surface area contributed by atoms with E-state index in [1.165, 1.54) is 18.0 Å². The summed E-state index contributed by atoms with van der Waals surface area (Å²) in [5.74, 6) is -0.0128. The van der Waals surface area contributed by atoms with Crippen LogP contribution < -0.4 is 5.73 Å². The van der Waals surface area contributed by atoms with Gasteiger partial charge in [0.1, 0.15) is 23.1 Å². The summed E-state index contributed by atoms with van der Waals surface area (Å²) in [5.41, 5.74) is 9.16. The van der Waals surface area contributed by atoms with E-state index in [9.17, 15) is 13.2 Å². The standard InChI is InChI=1S/C28H31N9O5S/c1-41-22(15-42-20-10-8-17(9-11-20)24(38)27-30-16-31-35-27)23-25(43(2,39)40)26(29)37-28(34-23)21(13-33-37)18-12-32-36(14-18)19-6-4-3-5-7-19/h3-7,12-14,16-17,20,22H,8-11,15,29H2,1-2H3,(H,30,31,35). The number of ketones is 1. The van der Waals surface area contributed by atoms with Crippen LogP contribution in [0.3, 0.4) is 0 Å². The van der Waals surface area contributed by atoms with Gasteiger partial charge in [-0.05, 0) is 37.8 Å².